The number of benzene rings is 1. The first-order valence-corrected chi connectivity index (χ1v) is 14.0. The maximum atomic E-state index is 12.3. The van der Waals surface area contributed by atoms with Crippen molar-refractivity contribution in [3.63, 3.8) is 0 Å². The van der Waals surface area contributed by atoms with E-state index in [1.807, 2.05) is 56.2 Å². The highest BCUT2D eigenvalue weighted by atomic mass is 16.5. The first-order chi connectivity index (χ1) is 20.6. The number of carbonyl (C=O) groups is 1. The van der Waals surface area contributed by atoms with Gasteiger partial charge in [-0.3, -0.25) is 9.36 Å². The summed E-state index contributed by atoms with van der Waals surface area (Å²) < 4.78 is 7.65. The van der Waals surface area contributed by atoms with E-state index < -0.39 is 0 Å². The molecule has 0 saturated carbocycles. The number of likely N-dealkylation sites (N-methyl/N-ethyl adjacent to an activating group) is 2. The number of amides is 1. The standard InChI is InChI=1S/C31H38N10O2/c1-8-28(42)34-21-17-22(25(43-7)18-24(21)39(6)16-15-38(4)5)35-30-33-12-11-27(37-30)41-19-31(2,3)29-23(41)9-10-26(36-29)40-14-13-32-20-40/h8-14,17-18,20H,1,15-16,19H2,2-7H3,(H,34,42)(H,33,35,37). The Morgan fingerprint density at radius 1 is 1.09 bits per heavy atom. The van der Waals surface area contributed by atoms with E-state index in [0.29, 0.717) is 29.6 Å². The summed E-state index contributed by atoms with van der Waals surface area (Å²) in [5, 5.41) is 6.23. The number of hydrogen-bond donors (Lipinski definition) is 2. The normalized spacial score (nSPS) is 13.5. The fourth-order valence-electron chi connectivity index (χ4n) is 5.04. The molecule has 4 aromatic rings. The number of nitrogens with zero attached hydrogens (tertiary/aromatic N) is 8. The van der Waals surface area contributed by atoms with E-state index in [-0.39, 0.29) is 11.3 Å². The fourth-order valence-corrected chi connectivity index (χ4v) is 5.04. The molecule has 0 bridgehead atoms. The summed E-state index contributed by atoms with van der Waals surface area (Å²) in [4.78, 5) is 37.1. The van der Waals surface area contributed by atoms with Crippen LogP contribution in [-0.4, -0.2) is 83.2 Å². The molecule has 12 heteroatoms. The Morgan fingerprint density at radius 2 is 1.91 bits per heavy atom. The summed E-state index contributed by atoms with van der Waals surface area (Å²) in [6, 6.07) is 9.66. The number of carbonyl (C=O) groups excluding carboxylic acids is 1. The van der Waals surface area contributed by atoms with Gasteiger partial charge < -0.3 is 30.1 Å². The predicted molar refractivity (Wildman–Crippen MR) is 170 cm³/mol. The molecule has 224 valence electrons. The second-order valence-electron chi connectivity index (χ2n) is 11.3. The zero-order valence-electron chi connectivity index (χ0n) is 25.5. The van der Waals surface area contributed by atoms with Crippen LogP contribution in [0.25, 0.3) is 5.82 Å². The van der Waals surface area contributed by atoms with Crippen LogP contribution in [0.3, 0.4) is 0 Å². The van der Waals surface area contributed by atoms with Gasteiger partial charge in [0, 0.05) is 56.8 Å². The number of nitrogens with one attached hydrogen (secondary N) is 2. The van der Waals surface area contributed by atoms with Gasteiger partial charge in [0.05, 0.1) is 35.6 Å². The van der Waals surface area contributed by atoms with Gasteiger partial charge in [-0.05, 0) is 44.4 Å². The lowest BCUT2D eigenvalue weighted by molar-refractivity contribution is -0.111. The van der Waals surface area contributed by atoms with Crippen LogP contribution in [-0.2, 0) is 10.2 Å². The van der Waals surface area contributed by atoms with Crippen LogP contribution in [0.5, 0.6) is 5.75 Å². The molecule has 0 atom stereocenters. The van der Waals surface area contributed by atoms with Crippen LogP contribution < -0.4 is 25.2 Å². The molecule has 1 aliphatic rings. The topological polar surface area (TPSA) is 117 Å². The lowest BCUT2D eigenvalue weighted by Crippen LogP contribution is -2.29. The summed E-state index contributed by atoms with van der Waals surface area (Å²) in [7, 11) is 7.63. The highest BCUT2D eigenvalue weighted by Crippen LogP contribution is 2.43. The van der Waals surface area contributed by atoms with Crippen molar-refractivity contribution in [3.05, 3.63) is 73.6 Å². The lowest BCUT2D eigenvalue weighted by Gasteiger charge is -2.26. The zero-order chi connectivity index (χ0) is 30.7. The van der Waals surface area contributed by atoms with E-state index in [2.05, 4.69) is 61.8 Å². The third-order valence-corrected chi connectivity index (χ3v) is 7.33. The van der Waals surface area contributed by atoms with Crippen LogP contribution in [0.1, 0.15) is 19.5 Å². The van der Waals surface area contributed by atoms with Gasteiger partial charge in [-0.1, -0.05) is 20.4 Å². The van der Waals surface area contributed by atoms with Gasteiger partial charge in [-0.2, -0.15) is 4.98 Å². The Morgan fingerprint density at radius 3 is 2.60 bits per heavy atom. The summed E-state index contributed by atoms with van der Waals surface area (Å²) in [5.74, 6) is 2.22. The number of aromatic nitrogens is 5. The summed E-state index contributed by atoms with van der Waals surface area (Å²) in [6.45, 7) is 10.2. The lowest BCUT2D eigenvalue weighted by atomic mass is 9.91. The molecule has 0 radical (unpaired) electrons. The average molecular weight is 583 g/mol. The Labute approximate surface area is 252 Å². The molecule has 1 amide bonds. The number of ether oxygens (including phenoxy) is 1. The van der Waals surface area contributed by atoms with Crippen LogP contribution in [0, 0.1) is 0 Å². The number of methoxy groups -OCH3 is 1. The molecule has 0 unspecified atom stereocenters. The molecule has 1 aromatic carbocycles. The van der Waals surface area contributed by atoms with Gasteiger partial charge in [0.15, 0.2) is 0 Å². The number of pyridine rings is 1. The van der Waals surface area contributed by atoms with Gasteiger partial charge in [-0.15, -0.1) is 0 Å². The molecule has 3 aromatic heterocycles. The largest absolute Gasteiger partial charge is 0.494 e. The van der Waals surface area contributed by atoms with Crippen molar-refractivity contribution in [2.45, 2.75) is 19.3 Å². The molecule has 0 fully saturated rings. The molecule has 2 N–H and O–H groups in total. The molecule has 0 spiro atoms. The second kappa shape index (κ2) is 12.1. The fraction of sp³-hybridized carbons (Fsp3) is 0.323. The van der Waals surface area contributed by atoms with Crippen molar-refractivity contribution in [1.29, 1.82) is 0 Å². The van der Waals surface area contributed by atoms with E-state index in [1.54, 1.807) is 25.8 Å². The van der Waals surface area contributed by atoms with Gasteiger partial charge in [0.25, 0.3) is 0 Å². The monoisotopic (exact) mass is 582 g/mol. The third kappa shape index (κ3) is 6.28. The van der Waals surface area contributed by atoms with E-state index in [4.69, 9.17) is 14.7 Å². The van der Waals surface area contributed by atoms with Crippen LogP contribution in [0.15, 0.2) is 67.9 Å². The Hall–Kier alpha value is -4.97. The molecule has 1 aliphatic heterocycles. The number of imidazole rings is 1. The highest BCUT2D eigenvalue weighted by Gasteiger charge is 2.38. The van der Waals surface area contributed by atoms with E-state index >= 15 is 0 Å². The maximum Gasteiger partial charge on any atom is 0.247 e. The SMILES string of the molecule is C=CC(=O)Nc1cc(Nc2nccc(N3CC(C)(C)c4nc(-n5ccnc5)ccc43)n2)c(OC)cc1N(C)CCN(C)C. The van der Waals surface area contributed by atoms with E-state index in [9.17, 15) is 4.79 Å². The smallest absolute Gasteiger partial charge is 0.247 e. The average Bonchev–Trinajstić information content (AvgIpc) is 3.62. The minimum atomic E-state index is -0.309. The van der Waals surface area contributed by atoms with Crippen molar-refractivity contribution < 1.29 is 9.53 Å². The van der Waals surface area contributed by atoms with E-state index in [0.717, 1.165) is 41.8 Å². The second-order valence-corrected chi connectivity index (χ2v) is 11.3. The van der Waals surface area contributed by atoms with Crippen molar-refractivity contribution >= 4 is 40.4 Å². The first-order valence-electron chi connectivity index (χ1n) is 14.0. The molecular formula is C31H38N10O2. The predicted octanol–water partition coefficient (Wildman–Crippen LogP) is 4.36. The van der Waals surface area contributed by atoms with Crippen LogP contribution in [0.4, 0.5) is 34.5 Å². The summed E-state index contributed by atoms with van der Waals surface area (Å²) >= 11 is 0. The molecule has 0 saturated heterocycles. The summed E-state index contributed by atoms with van der Waals surface area (Å²) in [6.07, 6.45) is 8.33. The third-order valence-electron chi connectivity index (χ3n) is 7.33. The Kier molecular flexibility index (Phi) is 8.31. The van der Waals surface area contributed by atoms with Gasteiger partial charge in [-0.25, -0.2) is 15.0 Å². The van der Waals surface area contributed by atoms with Crippen molar-refractivity contribution in [3.8, 4) is 11.6 Å². The maximum absolute atomic E-state index is 12.3. The van der Waals surface area contributed by atoms with Gasteiger partial charge >= 0.3 is 0 Å². The first kappa shape index (κ1) is 29.5. The number of fused-ring (bicyclic) bond motifs is 1. The van der Waals surface area contributed by atoms with Gasteiger partial charge in [0.2, 0.25) is 11.9 Å². The zero-order valence-corrected chi connectivity index (χ0v) is 25.5. The molecule has 43 heavy (non-hydrogen) atoms. The summed E-state index contributed by atoms with van der Waals surface area (Å²) in [5.41, 5.74) is 3.81. The van der Waals surface area contributed by atoms with Crippen LogP contribution in [0.2, 0.25) is 0 Å². The van der Waals surface area contributed by atoms with Crippen molar-refractivity contribution in [2.75, 3.05) is 68.3 Å². The number of anilines is 6. The van der Waals surface area contributed by atoms with E-state index in [1.165, 1.54) is 6.08 Å². The number of rotatable bonds is 11. The Bertz CT molecular complexity index is 1620. The number of hydrogen-bond acceptors (Lipinski definition) is 10. The van der Waals surface area contributed by atoms with Crippen LogP contribution >= 0.6 is 0 Å². The quantitative estimate of drug-likeness (QED) is 0.247. The van der Waals surface area contributed by atoms with Crippen molar-refractivity contribution in [2.24, 2.45) is 0 Å². The minimum absolute atomic E-state index is 0.208. The van der Waals surface area contributed by atoms with Crippen molar-refractivity contribution in [1.82, 2.24) is 29.4 Å². The molecule has 4 heterocycles. The molecule has 5 rings (SSSR count). The minimum Gasteiger partial charge on any atom is -0.494 e. The van der Waals surface area contributed by atoms with Gasteiger partial charge in [0.1, 0.15) is 23.7 Å². The highest BCUT2D eigenvalue weighted by molar-refractivity contribution is 6.02. The molecule has 12 nitrogen and oxygen atoms in total. The molecule has 0 aliphatic carbocycles. The molecular weight excluding hydrogens is 544 g/mol. The Balaban J connectivity index is 1.46.